The molecule has 3 aromatic carbocycles. The molecule has 0 radical (unpaired) electrons. The quantitative estimate of drug-likeness (QED) is 0.632. The first-order valence-electron chi connectivity index (χ1n) is 10.9. The molecule has 31 heavy (non-hydrogen) atoms. The maximum Gasteiger partial charge on any atom is 0.263 e. The minimum atomic E-state index is -0.520. The number of likely N-dealkylation sites (tertiary alicyclic amines) is 1. The summed E-state index contributed by atoms with van der Waals surface area (Å²) >= 11 is 0. The van der Waals surface area contributed by atoms with Gasteiger partial charge in [0.1, 0.15) is 5.75 Å². The number of amides is 2. The van der Waals surface area contributed by atoms with Crippen LogP contribution in [0.5, 0.6) is 5.75 Å². The third-order valence-electron chi connectivity index (χ3n) is 6.35. The van der Waals surface area contributed by atoms with Gasteiger partial charge in [0.15, 0.2) is 6.10 Å². The molecule has 1 atom stereocenters. The minimum absolute atomic E-state index is 0.0538. The summed E-state index contributed by atoms with van der Waals surface area (Å²) in [5.74, 6) is 0.848. The lowest BCUT2D eigenvalue weighted by Crippen LogP contribution is -2.38. The molecule has 2 heterocycles. The monoisotopic (exact) mass is 414 g/mol. The Hall–Kier alpha value is -3.34. The zero-order valence-electron chi connectivity index (χ0n) is 17.9. The lowest BCUT2D eigenvalue weighted by Gasteiger charge is -2.22. The average molecular weight is 415 g/mol. The van der Waals surface area contributed by atoms with E-state index in [1.54, 1.807) is 4.90 Å². The van der Waals surface area contributed by atoms with Crippen molar-refractivity contribution in [1.82, 2.24) is 9.80 Å². The van der Waals surface area contributed by atoms with Crippen molar-refractivity contribution in [3.8, 4) is 16.9 Å². The summed E-state index contributed by atoms with van der Waals surface area (Å²) in [5.41, 5.74) is 4.00. The van der Waals surface area contributed by atoms with E-state index in [1.807, 2.05) is 61.3 Å². The number of hydrogen-bond acceptors (Lipinski definition) is 3. The van der Waals surface area contributed by atoms with Gasteiger partial charge >= 0.3 is 0 Å². The predicted octanol–water partition coefficient (Wildman–Crippen LogP) is 4.48. The van der Waals surface area contributed by atoms with Gasteiger partial charge in [-0.2, -0.15) is 0 Å². The molecular weight excluding hydrogens is 388 g/mol. The smallest absolute Gasteiger partial charge is 0.263 e. The highest BCUT2D eigenvalue weighted by atomic mass is 16.5. The third kappa shape index (κ3) is 3.44. The Bertz CT molecular complexity index is 1180. The van der Waals surface area contributed by atoms with Crippen LogP contribution in [0.15, 0.2) is 54.6 Å². The summed E-state index contributed by atoms with van der Waals surface area (Å²) in [5, 5.41) is 2.05. The number of ether oxygens (including phenoxy) is 1. The van der Waals surface area contributed by atoms with Crippen LogP contribution in [0.2, 0.25) is 0 Å². The fourth-order valence-electron chi connectivity index (χ4n) is 4.70. The molecule has 2 amide bonds. The highest BCUT2D eigenvalue weighted by Gasteiger charge is 2.26. The minimum Gasteiger partial charge on any atom is -0.480 e. The van der Waals surface area contributed by atoms with E-state index in [4.69, 9.17) is 4.74 Å². The van der Waals surface area contributed by atoms with E-state index >= 15 is 0 Å². The molecule has 3 aromatic rings. The van der Waals surface area contributed by atoms with Crippen LogP contribution in [0.4, 0.5) is 0 Å². The first kappa shape index (κ1) is 19.6. The Morgan fingerprint density at radius 3 is 2.45 bits per heavy atom. The Kier molecular flexibility index (Phi) is 4.89. The second-order valence-electron chi connectivity index (χ2n) is 8.48. The molecule has 5 nitrogen and oxygen atoms in total. The van der Waals surface area contributed by atoms with Crippen molar-refractivity contribution in [2.75, 3.05) is 20.1 Å². The summed E-state index contributed by atoms with van der Waals surface area (Å²) in [6, 6.07) is 18.2. The lowest BCUT2D eigenvalue weighted by molar-refractivity contribution is -0.136. The van der Waals surface area contributed by atoms with Crippen LogP contribution in [-0.4, -0.2) is 47.9 Å². The molecule has 158 valence electrons. The fraction of sp³-hybridized carbons (Fsp3) is 0.308. The molecular formula is C26H26N2O3. The Labute approximate surface area is 182 Å². The van der Waals surface area contributed by atoms with Crippen molar-refractivity contribution < 1.29 is 14.3 Å². The number of benzene rings is 3. The molecule has 1 unspecified atom stereocenters. The molecule has 1 fully saturated rings. The van der Waals surface area contributed by atoms with Gasteiger partial charge in [0, 0.05) is 37.6 Å². The highest BCUT2D eigenvalue weighted by molar-refractivity contribution is 6.02. The standard InChI is InChI=1S/C26H26N2O3/c1-17(25(29)28-13-5-6-14-28)31-24-12-11-20(22-7-3-4-8-23(22)24)18-9-10-21-19(15-18)16-27(2)26(21)30/h3-4,7-12,15,17H,5-6,13-14,16H2,1-2H3. The molecule has 5 heteroatoms. The second-order valence-corrected chi connectivity index (χ2v) is 8.48. The number of rotatable bonds is 4. The molecule has 5 rings (SSSR count). The van der Waals surface area contributed by atoms with Crippen LogP contribution in [0.3, 0.4) is 0 Å². The Balaban J connectivity index is 1.49. The molecule has 0 saturated carbocycles. The summed E-state index contributed by atoms with van der Waals surface area (Å²) in [7, 11) is 1.83. The van der Waals surface area contributed by atoms with Crippen LogP contribution in [0.25, 0.3) is 21.9 Å². The maximum atomic E-state index is 12.7. The Morgan fingerprint density at radius 1 is 0.968 bits per heavy atom. The van der Waals surface area contributed by atoms with Crippen LogP contribution < -0.4 is 4.74 Å². The summed E-state index contributed by atoms with van der Waals surface area (Å²) in [6.07, 6.45) is 1.62. The first-order valence-corrected chi connectivity index (χ1v) is 10.9. The van der Waals surface area contributed by atoms with Crippen LogP contribution >= 0.6 is 0 Å². The number of nitrogens with zero attached hydrogens (tertiary/aromatic N) is 2. The van der Waals surface area contributed by atoms with E-state index in [9.17, 15) is 9.59 Å². The molecule has 2 aliphatic heterocycles. The van der Waals surface area contributed by atoms with Gasteiger partial charge in [0.05, 0.1) is 0 Å². The van der Waals surface area contributed by atoms with Gasteiger partial charge in [-0.3, -0.25) is 9.59 Å². The molecule has 1 saturated heterocycles. The van der Waals surface area contributed by atoms with Crippen molar-refractivity contribution in [1.29, 1.82) is 0 Å². The van der Waals surface area contributed by atoms with Crippen molar-refractivity contribution in [3.05, 3.63) is 65.7 Å². The highest BCUT2D eigenvalue weighted by Crippen LogP contribution is 2.36. The van der Waals surface area contributed by atoms with Gasteiger partial charge in [0.2, 0.25) is 0 Å². The van der Waals surface area contributed by atoms with Gasteiger partial charge in [-0.15, -0.1) is 0 Å². The van der Waals surface area contributed by atoms with E-state index in [1.165, 1.54) is 0 Å². The van der Waals surface area contributed by atoms with Crippen LogP contribution in [0.1, 0.15) is 35.7 Å². The number of carbonyl (C=O) groups is 2. The largest absolute Gasteiger partial charge is 0.480 e. The number of hydrogen-bond donors (Lipinski definition) is 0. The fourth-order valence-corrected chi connectivity index (χ4v) is 4.70. The van der Waals surface area contributed by atoms with E-state index < -0.39 is 6.10 Å². The first-order chi connectivity index (χ1) is 15.0. The van der Waals surface area contributed by atoms with Crippen LogP contribution in [0, 0.1) is 0 Å². The van der Waals surface area contributed by atoms with Gasteiger partial charge in [-0.1, -0.05) is 36.4 Å². The zero-order valence-corrected chi connectivity index (χ0v) is 17.9. The third-order valence-corrected chi connectivity index (χ3v) is 6.35. The van der Waals surface area contributed by atoms with E-state index in [0.29, 0.717) is 6.54 Å². The SMILES string of the molecule is CC(Oc1ccc(-c2ccc3c(c2)CN(C)C3=O)c2ccccc12)C(=O)N1CCCC1. The van der Waals surface area contributed by atoms with Crippen molar-refractivity contribution in [3.63, 3.8) is 0 Å². The van der Waals surface area contributed by atoms with Crippen molar-refractivity contribution in [2.24, 2.45) is 0 Å². The molecule has 0 aromatic heterocycles. The predicted molar refractivity (Wildman–Crippen MR) is 121 cm³/mol. The molecule has 0 spiro atoms. The van der Waals surface area contributed by atoms with Gasteiger partial charge in [-0.25, -0.2) is 0 Å². The van der Waals surface area contributed by atoms with E-state index in [2.05, 4.69) is 12.1 Å². The van der Waals surface area contributed by atoms with Crippen LogP contribution in [-0.2, 0) is 11.3 Å². The lowest BCUT2D eigenvalue weighted by atomic mass is 9.95. The topological polar surface area (TPSA) is 49.9 Å². The van der Waals surface area contributed by atoms with E-state index in [-0.39, 0.29) is 11.8 Å². The molecule has 2 aliphatic rings. The molecule has 0 bridgehead atoms. The van der Waals surface area contributed by atoms with Gasteiger partial charge < -0.3 is 14.5 Å². The Morgan fingerprint density at radius 2 is 1.68 bits per heavy atom. The number of carbonyl (C=O) groups excluding carboxylic acids is 2. The summed E-state index contributed by atoms with van der Waals surface area (Å²) in [4.78, 5) is 28.6. The normalized spacial score (nSPS) is 16.6. The molecule has 0 aliphatic carbocycles. The van der Waals surface area contributed by atoms with Crippen molar-refractivity contribution >= 4 is 22.6 Å². The van der Waals surface area contributed by atoms with E-state index in [0.717, 1.165) is 64.7 Å². The average Bonchev–Trinajstić information content (AvgIpc) is 3.42. The molecule has 0 N–H and O–H groups in total. The van der Waals surface area contributed by atoms with Gasteiger partial charge in [0.25, 0.3) is 11.8 Å². The summed E-state index contributed by atoms with van der Waals surface area (Å²) in [6.45, 7) is 4.11. The van der Waals surface area contributed by atoms with Crippen molar-refractivity contribution in [2.45, 2.75) is 32.4 Å². The second kappa shape index (κ2) is 7.73. The zero-order chi connectivity index (χ0) is 21.5. The maximum absolute atomic E-state index is 12.7. The van der Waals surface area contributed by atoms with Gasteiger partial charge in [-0.05, 0) is 60.0 Å². The number of fused-ring (bicyclic) bond motifs is 2. The summed E-state index contributed by atoms with van der Waals surface area (Å²) < 4.78 is 6.15.